The highest BCUT2D eigenvalue weighted by Crippen LogP contribution is 2.24. The van der Waals surface area contributed by atoms with Crippen LogP contribution >= 0.6 is 0 Å². The van der Waals surface area contributed by atoms with Crippen LogP contribution in [0.2, 0.25) is 0 Å². The molecule has 0 aliphatic heterocycles. The molecular formula is C20H22N8. The average Bonchev–Trinajstić information content (AvgIpc) is 2.69. The van der Waals surface area contributed by atoms with Gasteiger partial charge in [-0.05, 0) is 36.4 Å². The molecule has 142 valence electrons. The standard InChI is InChI=1S/C20H22N8/c1-27(2)13-23-19-7-5-17(9-15(19)11-21)25-26-18-6-8-20(16(10-18)12-22)24-14-28(3)4/h5-10,13-14,25-26H,1-4H3. The Morgan fingerprint density at radius 2 is 1.14 bits per heavy atom. The summed E-state index contributed by atoms with van der Waals surface area (Å²) in [6.45, 7) is 0. The lowest BCUT2D eigenvalue weighted by molar-refractivity contribution is 0.643. The third-order valence-corrected chi connectivity index (χ3v) is 3.44. The van der Waals surface area contributed by atoms with Gasteiger partial charge >= 0.3 is 0 Å². The molecule has 2 N–H and O–H groups in total. The minimum absolute atomic E-state index is 0.455. The van der Waals surface area contributed by atoms with Gasteiger partial charge in [-0.1, -0.05) is 0 Å². The molecule has 28 heavy (non-hydrogen) atoms. The molecule has 2 rings (SSSR count). The lowest BCUT2D eigenvalue weighted by atomic mass is 10.1. The number of nitrogens with one attached hydrogen (secondary N) is 2. The Morgan fingerprint density at radius 1 is 0.750 bits per heavy atom. The second kappa shape index (κ2) is 9.60. The van der Waals surface area contributed by atoms with Crippen LogP contribution in [0.5, 0.6) is 0 Å². The largest absolute Gasteiger partial charge is 0.369 e. The van der Waals surface area contributed by atoms with Crippen molar-refractivity contribution in [3.05, 3.63) is 47.5 Å². The van der Waals surface area contributed by atoms with E-state index in [9.17, 15) is 10.5 Å². The van der Waals surface area contributed by atoms with E-state index in [0.29, 0.717) is 33.9 Å². The van der Waals surface area contributed by atoms with Crippen molar-refractivity contribution < 1.29 is 0 Å². The number of nitrogens with zero attached hydrogens (tertiary/aromatic N) is 6. The normalized spacial score (nSPS) is 10.5. The molecule has 0 amide bonds. The zero-order valence-electron chi connectivity index (χ0n) is 16.3. The maximum atomic E-state index is 9.34. The van der Waals surface area contributed by atoms with Crippen molar-refractivity contribution in [2.75, 3.05) is 39.0 Å². The van der Waals surface area contributed by atoms with Gasteiger partial charge in [-0.3, -0.25) is 0 Å². The number of anilines is 2. The predicted octanol–water partition coefficient (Wildman–Crippen LogP) is 3.31. The second-order valence-corrected chi connectivity index (χ2v) is 6.35. The minimum Gasteiger partial charge on any atom is -0.369 e. The Hall–Kier alpha value is -4.04. The zero-order valence-corrected chi connectivity index (χ0v) is 16.3. The smallest absolute Gasteiger partial charge is 0.101 e. The van der Waals surface area contributed by atoms with E-state index in [4.69, 9.17) is 0 Å². The van der Waals surface area contributed by atoms with Crippen LogP contribution in [0.3, 0.4) is 0 Å². The first-order valence-electron chi connectivity index (χ1n) is 8.44. The van der Waals surface area contributed by atoms with Gasteiger partial charge in [0.25, 0.3) is 0 Å². The van der Waals surface area contributed by atoms with Crippen molar-refractivity contribution in [1.82, 2.24) is 9.80 Å². The van der Waals surface area contributed by atoms with Gasteiger partial charge in [-0.2, -0.15) is 10.5 Å². The molecule has 0 aliphatic carbocycles. The molecule has 8 nitrogen and oxygen atoms in total. The first kappa shape index (κ1) is 20.3. The summed E-state index contributed by atoms with van der Waals surface area (Å²) in [5, 5.41) is 18.7. The summed E-state index contributed by atoms with van der Waals surface area (Å²) in [4.78, 5) is 12.1. The molecule has 0 saturated carbocycles. The molecule has 0 saturated heterocycles. The fourth-order valence-corrected chi connectivity index (χ4v) is 2.13. The highest BCUT2D eigenvalue weighted by Gasteiger charge is 2.05. The number of hydrogen-bond donors (Lipinski definition) is 2. The third kappa shape index (κ3) is 5.75. The average molecular weight is 374 g/mol. The third-order valence-electron chi connectivity index (χ3n) is 3.44. The second-order valence-electron chi connectivity index (χ2n) is 6.35. The number of rotatable bonds is 7. The summed E-state index contributed by atoms with van der Waals surface area (Å²) in [5.74, 6) is 0. The molecule has 0 bridgehead atoms. The molecule has 2 aromatic rings. The molecule has 8 heteroatoms. The Labute approximate surface area is 165 Å². The summed E-state index contributed by atoms with van der Waals surface area (Å²) >= 11 is 0. The van der Waals surface area contributed by atoms with Crippen LogP contribution < -0.4 is 10.9 Å². The van der Waals surface area contributed by atoms with Crippen molar-refractivity contribution >= 4 is 35.4 Å². The molecule has 0 unspecified atom stereocenters. The number of hydrogen-bond acceptors (Lipinski definition) is 6. The van der Waals surface area contributed by atoms with E-state index in [-0.39, 0.29) is 0 Å². The molecule has 0 atom stereocenters. The van der Waals surface area contributed by atoms with Gasteiger partial charge < -0.3 is 20.7 Å². The molecule has 2 aromatic carbocycles. The Balaban J connectivity index is 2.14. The lowest BCUT2D eigenvalue weighted by Gasteiger charge is -2.12. The molecule has 0 spiro atoms. The van der Waals surface area contributed by atoms with E-state index in [1.165, 1.54) is 0 Å². The molecular weight excluding hydrogens is 352 g/mol. The van der Waals surface area contributed by atoms with Crippen LogP contribution in [0, 0.1) is 22.7 Å². The van der Waals surface area contributed by atoms with E-state index in [1.54, 1.807) is 46.7 Å². The van der Waals surface area contributed by atoms with Crippen LogP contribution in [0.1, 0.15) is 11.1 Å². The molecule has 0 aliphatic rings. The van der Waals surface area contributed by atoms with Gasteiger partial charge in [0.1, 0.15) is 12.1 Å². The number of benzene rings is 2. The number of aliphatic imine (C=N–C) groups is 2. The highest BCUT2D eigenvalue weighted by atomic mass is 15.4. The van der Waals surface area contributed by atoms with Crippen LogP contribution in [-0.2, 0) is 0 Å². The van der Waals surface area contributed by atoms with Crippen molar-refractivity contribution in [1.29, 1.82) is 10.5 Å². The van der Waals surface area contributed by atoms with Crippen molar-refractivity contribution in [3.63, 3.8) is 0 Å². The first-order valence-corrected chi connectivity index (χ1v) is 8.44. The van der Waals surface area contributed by atoms with Crippen LogP contribution in [0.15, 0.2) is 46.4 Å². The minimum atomic E-state index is 0.455. The summed E-state index contributed by atoms with van der Waals surface area (Å²) in [7, 11) is 7.45. The maximum absolute atomic E-state index is 9.34. The lowest BCUT2D eigenvalue weighted by Crippen LogP contribution is -2.09. The zero-order chi connectivity index (χ0) is 20.5. The summed E-state index contributed by atoms with van der Waals surface area (Å²) in [6.07, 6.45) is 3.29. The van der Waals surface area contributed by atoms with Crippen molar-refractivity contribution in [2.24, 2.45) is 9.98 Å². The van der Waals surface area contributed by atoms with Gasteiger partial charge in [-0.25, -0.2) is 9.98 Å². The van der Waals surface area contributed by atoms with Crippen LogP contribution in [0.25, 0.3) is 0 Å². The molecule has 0 aromatic heterocycles. The maximum Gasteiger partial charge on any atom is 0.101 e. The van der Waals surface area contributed by atoms with E-state index >= 15 is 0 Å². The molecule has 0 heterocycles. The first-order chi connectivity index (χ1) is 13.4. The van der Waals surface area contributed by atoms with Gasteiger partial charge in [0.05, 0.1) is 46.6 Å². The highest BCUT2D eigenvalue weighted by molar-refractivity contribution is 5.70. The van der Waals surface area contributed by atoms with Gasteiger partial charge in [-0.15, -0.1) is 0 Å². The Bertz CT molecular complexity index is 882. The monoisotopic (exact) mass is 374 g/mol. The van der Waals surface area contributed by atoms with Gasteiger partial charge in [0.15, 0.2) is 0 Å². The van der Waals surface area contributed by atoms with Crippen LogP contribution in [-0.4, -0.2) is 50.7 Å². The van der Waals surface area contributed by atoms with Crippen molar-refractivity contribution in [3.8, 4) is 12.1 Å². The van der Waals surface area contributed by atoms with E-state index in [2.05, 4.69) is 33.0 Å². The SMILES string of the molecule is CN(C)C=Nc1ccc(NNc2ccc(N=CN(C)C)c(C#N)c2)cc1C#N. The van der Waals surface area contributed by atoms with E-state index < -0.39 is 0 Å². The molecule has 0 radical (unpaired) electrons. The quantitative estimate of drug-likeness (QED) is 0.438. The Kier molecular flexibility index (Phi) is 6.95. The summed E-state index contributed by atoms with van der Waals surface area (Å²) < 4.78 is 0. The fourth-order valence-electron chi connectivity index (χ4n) is 2.13. The summed E-state index contributed by atoms with van der Waals surface area (Å²) in [6, 6.07) is 14.9. The van der Waals surface area contributed by atoms with Crippen LogP contribution in [0.4, 0.5) is 22.7 Å². The topological polar surface area (TPSA) is 103 Å². The fraction of sp³-hybridized carbons (Fsp3) is 0.200. The number of hydrazine groups is 1. The predicted molar refractivity (Wildman–Crippen MR) is 113 cm³/mol. The number of nitriles is 2. The van der Waals surface area contributed by atoms with Crippen molar-refractivity contribution in [2.45, 2.75) is 0 Å². The molecule has 0 fully saturated rings. The summed E-state index contributed by atoms with van der Waals surface area (Å²) in [5.41, 5.74) is 9.56. The van der Waals surface area contributed by atoms with Gasteiger partial charge in [0, 0.05) is 28.2 Å². The van der Waals surface area contributed by atoms with E-state index in [1.807, 2.05) is 40.3 Å². The Morgan fingerprint density at radius 3 is 1.46 bits per heavy atom. The van der Waals surface area contributed by atoms with Gasteiger partial charge in [0.2, 0.25) is 0 Å². The van der Waals surface area contributed by atoms with E-state index in [0.717, 1.165) is 0 Å².